The maximum atomic E-state index is 13.2. The minimum Gasteiger partial charge on any atom is -0.469 e. The van der Waals surface area contributed by atoms with Crippen molar-refractivity contribution in [3.63, 3.8) is 0 Å². The molecule has 0 atom stereocenters. The molecule has 0 aliphatic carbocycles. The normalized spacial score (nSPS) is 11.4. The highest BCUT2D eigenvalue weighted by atomic mass is 32.1. The molecular formula is C20H28N2O5S. The van der Waals surface area contributed by atoms with E-state index < -0.39 is 5.97 Å². The Kier molecular flexibility index (Phi) is 7.35. The third-order valence-corrected chi connectivity index (χ3v) is 5.49. The second-order valence-electron chi connectivity index (χ2n) is 7.49. The molecule has 0 aliphatic rings. The summed E-state index contributed by atoms with van der Waals surface area (Å²) in [6, 6.07) is 0. The number of hydrogen-bond acceptors (Lipinski definition) is 7. The molecule has 0 amide bonds. The number of aromatic nitrogens is 2. The van der Waals surface area contributed by atoms with Crippen molar-refractivity contribution in [2.75, 3.05) is 13.7 Å². The van der Waals surface area contributed by atoms with E-state index in [1.165, 1.54) is 18.4 Å². The van der Waals surface area contributed by atoms with Gasteiger partial charge in [0.05, 0.1) is 19.1 Å². The average molecular weight is 409 g/mol. The van der Waals surface area contributed by atoms with Gasteiger partial charge in [0.15, 0.2) is 0 Å². The first-order valence-electron chi connectivity index (χ1n) is 9.45. The fourth-order valence-electron chi connectivity index (χ4n) is 2.88. The van der Waals surface area contributed by atoms with E-state index >= 15 is 0 Å². The monoisotopic (exact) mass is 408 g/mol. The molecule has 28 heavy (non-hydrogen) atoms. The summed E-state index contributed by atoms with van der Waals surface area (Å²) in [7, 11) is 1.34. The Morgan fingerprint density at radius 2 is 1.89 bits per heavy atom. The minimum absolute atomic E-state index is 0.0222. The minimum atomic E-state index is -0.420. The molecule has 2 aromatic rings. The van der Waals surface area contributed by atoms with Crippen LogP contribution in [0.4, 0.5) is 0 Å². The van der Waals surface area contributed by atoms with Crippen LogP contribution in [0.3, 0.4) is 0 Å². The van der Waals surface area contributed by atoms with Crippen molar-refractivity contribution < 1.29 is 19.1 Å². The lowest BCUT2D eigenvalue weighted by Gasteiger charge is -2.14. The standard InChI is InChI=1S/C20H28N2O5S/c1-11(2)10-27-20(25)16-13(5)15-18(28-16)21-17(12(3)4)22(19(15)24)9-7-8-14(23)26-6/h11-12H,7-10H2,1-6H3. The number of carbonyl (C=O) groups excluding carboxylic acids is 2. The van der Waals surface area contributed by atoms with E-state index in [0.717, 1.165) is 0 Å². The van der Waals surface area contributed by atoms with Crippen LogP contribution in [0.1, 0.15) is 67.5 Å². The predicted octanol–water partition coefficient (Wildman–Crippen LogP) is 3.66. The van der Waals surface area contributed by atoms with Crippen LogP contribution in [0, 0.1) is 12.8 Å². The van der Waals surface area contributed by atoms with Gasteiger partial charge in [-0.25, -0.2) is 9.78 Å². The molecule has 0 aromatic carbocycles. The van der Waals surface area contributed by atoms with Crippen molar-refractivity contribution in [3.8, 4) is 0 Å². The summed E-state index contributed by atoms with van der Waals surface area (Å²) in [5.41, 5.74) is 0.415. The van der Waals surface area contributed by atoms with Crippen LogP contribution >= 0.6 is 11.3 Å². The number of rotatable bonds is 8. The van der Waals surface area contributed by atoms with Gasteiger partial charge in [-0.2, -0.15) is 0 Å². The highest BCUT2D eigenvalue weighted by Gasteiger charge is 2.23. The topological polar surface area (TPSA) is 87.5 Å². The number of ether oxygens (including phenoxy) is 2. The average Bonchev–Trinajstić information content (AvgIpc) is 2.97. The molecule has 0 fully saturated rings. The smallest absolute Gasteiger partial charge is 0.348 e. The number of fused-ring (bicyclic) bond motifs is 1. The number of aryl methyl sites for hydroxylation is 1. The lowest BCUT2D eigenvalue weighted by Crippen LogP contribution is -2.26. The van der Waals surface area contributed by atoms with Crippen LogP contribution in [0.15, 0.2) is 4.79 Å². The zero-order chi connectivity index (χ0) is 21.0. The first-order chi connectivity index (χ1) is 13.2. The number of thiophene rings is 1. The predicted molar refractivity (Wildman–Crippen MR) is 109 cm³/mol. The second kappa shape index (κ2) is 9.32. The summed E-state index contributed by atoms with van der Waals surface area (Å²) in [5.74, 6) is 0.169. The maximum absolute atomic E-state index is 13.2. The fraction of sp³-hybridized carbons (Fsp3) is 0.600. The van der Waals surface area contributed by atoms with Crippen molar-refractivity contribution in [3.05, 3.63) is 26.6 Å². The van der Waals surface area contributed by atoms with E-state index in [9.17, 15) is 14.4 Å². The van der Waals surface area contributed by atoms with Gasteiger partial charge in [0.2, 0.25) is 0 Å². The van der Waals surface area contributed by atoms with Crippen molar-refractivity contribution >= 4 is 33.5 Å². The van der Waals surface area contributed by atoms with Crippen LogP contribution < -0.4 is 5.56 Å². The van der Waals surface area contributed by atoms with E-state index in [1.807, 2.05) is 27.7 Å². The SMILES string of the molecule is COC(=O)CCCn1c(C(C)C)nc2sc(C(=O)OCC(C)C)c(C)c2c1=O. The lowest BCUT2D eigenvalue weighted by molar-refractivity contribution is -0.140. The molecule has 2 aromatic heterocycles. The lowest BCUT2D eigenvalue weighted by atomic mass is 10.1. The molecule has 0 bridgehead atoms. The van der Waals surface area contributed by atoms with Gasteiger partial charge in [-0.05, 0) is 24.8 Å². The number of esters is 2. The largest absolute Gasteiger partial charge is 0.469 e. The van der Waals surface area contributed by atoms with Crippen LogP contribution in [0.2, 0.25) is 0 Å². The molecule has 0 spiro atoms. The maximum Gasteiger partial charge on any atom is 0.348 e. The zero-order valence-electron chi connectivity index (χ0n) is 17.3. The Bertz CT molecular complexity index is 927. The number of hydrogen-bond donors (Lipinski definition) is 0. The molecule has 0 saturated carbocycles. The van der Waals surface area contributed by atoms with Crippen LogP contribution in [-0.2, 0) is 20.8 Å². The molecule has 0 radical (unpaired) electrons. The van der Waals surface area contributed by atoms with Gasteiger partial charge in [-0.3, -0.25) is 14.2 Å². The van der Waals surface area contributed by atoms with Crippen molar-refractivity contribution in [2.45, 2.75) is 59.9 Å². The molecule has 0 aliphatic heterocycles. The molecule has 2 rings (SSSR count). The highest BCUT2D eigenvalue weighted by Crippen LogP contribution is 2.29. The first-order valence-corrected chi connectivity index (χ1v) is 10.3. The van der Waals surface area contributed by atoms with Gasteiger partial charge in [-0.1, -0.05) is 27.7 Å². The zero-order valence-corrected chi connectivity index (χ0v) is 18.1. The summed E-state index contributed by atoms with van der Waals surface area (Å²) < 4.78 is 11.6. The summed E-state index contributed by atoms with van der Waals surface area (Å²) >= 11 is 1.20. The molecule has 8 heteroatoms. The van der Waals surface area contributed by atoms with Crippen molar-refractivity contribution in [1.29, 1.82) is 0 Å². The van der Waals surface area contributed by atoms with Gasteiger partial charge in [0.25, 0.3) is 5.56 Å². The van der Waals surface area contributed by atoms with Crippen LogP contribution in [-0.4, -0.2) is 35.2 Å². The molecule has 0 unspecified atom stereocenters. The van der Waals surface area contributed by atoms with Gasteiger partial charge >= 0.3 is 11.9 Å². The Morgan fingerprint density at radius 1 is 1.21 bits per heavy atom. The summed E-state index contributed by atoms with van der Waals surface area (Å²) in [6.45, 7) is 10.3. The quantitative estimate of drug-likeness (QED) is 0.620. The van der Waals surface area contributed by atoms with E-state index in [-0.39, 0.29) is 29.8 Å². The third-order valence-electron chi connectivity index (χ3n) is 4.32. The van der Waals surface area contributed by atoms with Gasteiger partial charge in [0, 0.05) is 18.9 Å². The highest BCUT2D eigenvalue weighted by molar-refractivity contribution is 7.20. The summed E-state index contributed by atoms with van der Waals surface area (Å²) in [5, 5.41) is 0.448. The van der Waals surface area contributed by atoms with Crippen molar-refractivity contribution in [2.24, 2.45) is 5.92 Å². The second-order valence-corrected chi connectivity index (χ2v) is 8.49. The third kappa shape index (κ3) is 4.79. The molecule has 154 valence electrons. The Balaban J connectivity index is 2.47. The summed E-state index contributed by atoms with van der Waals surface area (Å²) in [4.78, 5) is 42.6. The Labute approximate surface area is 168 Å². The van der Waals surface area contributed by atoms with Gasteiger partial charge in [-0.15, -0.1) is 11.3 Å². The Hall–Kier alpha value is -2.22. The van der Waals surface area contributed by atoms with E-state index in [1.54, 1.807) is 11.5 Å². The van der Waals surface area contributed by atoms with E-state index in [0.29, 0.717) is 46.1 Å². The van der Waals surface area contributed by atoms with E-state index in [2.05, 4.69) is 9.72 Å². The Morgan fingerprint density at radius 3 is 2.46 bits per heavy atom. The van der Waals surface area contributed by atoms with Crippen LogP contribution in [0.25, 0.3) is 10.2 Å². The number of carbonyl (C=O) groups is 2. The molecular weight excluding hydrogens is 380 g/mol. The molecule has 2 heterocycles. The van der Waals surface area contributed by atoms with Crippen molar-refractivity contribution in [1.82, 2.24) is 9.55 Å². The molecule has 7 nitrogen and oxygen atoms in total. The first kappa shape index (κ1) is 22.1. The van der Waals surface area contributed by atoms with E-state index in [4.69, 9.17) is 4.74 Å². The van der Waals surface area contributed by atoms with Gasteiger partial charge < -0.3 is 9.47 Å². The number of nitrogens with zero attached hydrogens (tertiary/aromatic N) is 2. The molecule has 0 N–H and O–H groups in total. The fourth-order valence-corrected chi connectivity index (χ4v) is 3.95. The van der Waals surface area contributed by atoms with Crippen LogP contribution in [0.5, 0.6) is 0 Å². The van der Waals surface area contributed by atoms with Gasteiger partial charge in [0.1, 0.15) is 15.5 Å². The number of methoxy groups -OCH3 is 1. The summed E-state index contributed by atoms with van der Waals surface area (Å²) in [6.07, 6.45) is 0.708. The molecule has 0 saturated heterocycles.